The van der Waals surface area contributed by atoms with Crippen LogP contribution in [0.25, 0.3) is 0 Å². The van der Waals surface area contributed by atoms with Crippen molar-refractivity contribution in [1.82, 2.24) is 10.2 Å². The van der Waals surface area contributed by atoms with E-state index in [-0.39, 0.29) is 30.6 Å². The summed E-state index contributed by atoms with van der Waals surface area (Å²) in [6, 6.07) is 8.44. The van der Waals surface area contributed by atoms with Gasteiger partial charge in [0, 0.05) is 27.1 Å². The highest BCUT2D eigenvalue weighted by Gasteiger charge is 2.15. The lowest BCUT2D eigenvalue weighted by Gasteiger charge is -2.13. The number of halogens is 1. The van der Waals surface area contributed by atoms with Crippen molar-refractivity contribution < 1.29 is 9.59 Å². The topological polar surface area (TPSA) is 75.4 Å². The molecule has 1 rings (SSSR count). The van der Waals surface area contributed by atoms with Crippen LogP contribution in [0.5, 0.6) is 0 Å². The van der Waals surface area contributed by atoms with Gasteiger partial charge in [-0.15, -0.1) is 12.4 Å². The van der Waals surface area contributed by atoms with E-state index in [9.17, 15) is 9.59 Å². The maximum absolute atomic E-state index is 11.7. The molecule has 5 nitrogen and oxygen atoms in total. The average Bonchev–Trinajstić information content (AvgIpc) is 2.38. The van der Waals surface area contributed by atoms with E-state index >= 15 is 0 Å². The number of carbonyl (C=O) groups excluding carboxylic acids is 2. The van der Waals surface area contributed by atoms with Crippen molar-refractivity contribution in [2.45, 2.75) is 12.5 Å². The lowest BCUT2D eigenvalue weighted by atomic mass is 10.1. The summed E-state index contributed by atoms with van der Waals surface area (Å²) in [5.74, 6) is -0.295. The Hall–Kier alpha value is -1.59. The number of amides is 2. The highest BCUT2D eigenvalue weighted by atomic mass is 35.5. The number of hydrogen-bond acceptors (Lipinski definition) is 3. The second kappa shape index (κ2) is 8.50. The summed E-state index contributed by atoms with van der Waals surface area (Å²) in [5, 5.41) is 2.66. The minimum atomic E-state index is -0.694. The maximum atomic E-state index is 11.7. The van der Waals surface area contributed by atoms with Crippen LogP contribution in [-0.4, -0.2) is 37.4 Å². The third kappa shape index (κ3) is 5.72. The predicted molar refractivity (Wildman–Crippen MR) is 76.9 cm³/mol. The maximum Gasteiger partial charge on any atom is 0.241 e. The first kappa shape index (κ1) is 17.4. The van der Waals surface area contributed by atoms with Crippen LogP contribution in [0.15, 0.2) is 30.3 Å². The molecule has 0 aliphatic carbocycles. The van der Waals surface area contributed by atoms with Gasteiger partial charge in [0.05, 0.1) is 0 Å². The molecule has 3 N–H and O–H groups in total. The zero-order valence-electron chi connectivity index (χ0n) is 11.1. The highest BCUT2D eigenvalue weighted by molar-refractivity contribution is 5.85. The van der Waals surface area contributed by atoms with Gasteiger partial charge in [-0.3, -0.25) is 9.59 Å². The van der Waals surface area contributed by atoms with Crippen molar-refractivity contribution in [3.05, 3.63) is 35.9 Å². The molecule has 1 atom stereocenters. The standard InChI is InChI=1S/C13H19N3O2.ClH/c1-16(2)11(17)8-9-15-13(18)12(14)10-6-4-3-5-7-10;/h3-7,12H,8-9,14H2,1-2H3,(H,15,18);1H. The highest BCUT2D eigenvalue weighted by Crippen LogP contribution is 2.08. The molecule has 106 valence electrons. The molecule has 6 heteroatoms. The number of hydrogen-bond donors (Lipinski definition) is 2. The van der Waals surface area contributed by atoms with Gasteiger partial charge < -0.3 is 16.0 Å². The van der Waals surface area contributed by atoms with Crippen molar-refractivity contribution in [3.8, 4) is 0 Å². The zero-order valence-corrected chi connectivity index (χ0v) is 11.9. The minimum Gasteiger partial charge on any atom is -0.354 e. The first-order valence-corrected chi connectivity index (χ1v) is 5.80. The van der Waals surface area contributed by atoms with Crippen molar-refractivity contribution in [2.24, 2.45) is 5.73 Å². The molecule has 0 aliphatic rings. The Kier molecular flexibility index (Phi) is 7.79. The molecular weight excluding hydrogens is 266 g/mol. The lowest BCUT2D eigenvalue weighted by molar-refractivity contribution is -0.128. The SMILES string of the molecule is CN(C)C(=O)CCNC(=O)C(N)c1ccccc1.Cl. The minimum absolute atomic E-state index is 0. The first-order chi connectivity index (χ1) is 8.52. The second-order valence-electron chi connectivity index (χ2n) is 4.22. The van der Waals surface area contributed by atoms with Crippen LogP contribution in [0.1, 0.15) is 18.0 Å². The van der Waals surface area contributed by atoms with Crippen LogP contribution in [0.4, 0.5) is 0 Å². The smallest absolute Gasteiger partial charge is 0.241 e. The number of benzene rings is 1. The summed E-state index contributed by atoms with van der Waals surface area (Å²) in [7, 11) is 3.36. The Balaban J connectivity index is 0.00000324. The Morgan fingerprint density at radius 2 is 1.84 bits per heavy atom. The number of rotatable bonds is 5. The average molecular weight is 286 g/mol. The van der Waals surface area contributed by atoms with Gasteiger partial charge in [-0.1, -0.05) is 30.3 Å². The molecule has 1 aromatic rings. The molecule has 0 heterocycles. The Bertz CT molecular complexity index is 410. The van der Waals surface area contributed by atoms with E-state index < -0.39 is 6.04 Å². The summed E-state index contributed by atoms with van der Waals surface area (Å²) in [5.41, 5.74) is 6.57. The molecule has 0 radical (unpaired) electrons. The molecule has 0 saturated heterocycles. The Morgan fingerprint density at radius 1 is 1.26 bits per heavy atom. The van der Waals surface area contributed by atoms with E-state index in [2.05, 4.69) is 5.32 Å². The molecule has 1 unspecified atom stereocenters. The van der Waals surface area contributed by atoms with Crippen LogP contribution in [0.2, 0.25) is 0 Å². The molecule has 2 amide bonds. The zero-order chi connectivity index (χ0) is 13.5. The Morgan fingerprint density at radius 3 is 2.37 bits per heavy atom. The van der Waals surface area contributed by atoms with Crippen LogP contribution >= 0.6 is 12.4 Å². The van der Waals surface area contributed by atoms with Crippen molar-refractivity contribution >= 4 is 24.2 Å². The van der Waals surface area contributed by atoms with E-state index in [0.717, 1.165) is 5.56 Å². The number of nitrogens with two attached hydrogens (primary N) is 1. The number of nitrogens with one attached hydrogen (secondary N) is 1. The summed E-state index contributed by atoms with van der Waals surface area (Å²) in [4.78, 5) is 24.5. The predicted octanol–water partition coefficient (Wildman–Crippen LogP) is 0.703. The normalized spacial score (nSPS) is 11.1. The van der Waals surface area contributed by atoms with Gasteiger partial charge in [-0.2, -0.15) is 0 Å². The third-order valence-corrected chi connectivity index (χ3v) is 2.58. The largest absolute Gasteiger partial charge is 0.354 e. The first-order valence-electron chi connectivity index (χ1n) is 5.80. The van der Waals surface area contributed by atoms with Gasteiger partial charge in [0.1, 0.15) is 6.04 Å². The number of nitrogens with zero attached hydrogens (tertiary/aromatic N) is 1. The van der Waals surface area contributed by atoms with E-state index in [4.69, 9.17) is 5.73 Å². The molecular formula is C13H20ClN3O2. The van der Waals surface area contributed by atoms with Crippen molar-refractivity contribution in [3.63, 3.8) is 0 Å². The van der Waals surface area contributed by atoms with Gasteiger partial charge in [0.25, 0.3) is 0 Å². The fourth-order valence-corrected chi connectivity index (χ4v) is 1.44. The second-order valence-corrected chi connectivity index (χ2v) is 4.22. The molecule has 0 fully saturated rings. The van der Waals surface area contributed by atoms with E-state index in [1.54, 1.807) is 26.2 Å². The van der Waals surface area contributed by atoms with Gasteiger partial charge in [0.2, 0.25) is 11.8 Å². The quantitative estimate of drug-likeness (QED) is 0.836. The van der Waals surface area contributed by atoms with Gasteiger partial charge in [0.15, 0.2) is 0 Å². The molecule has 0 aliphatic heterocycles. The molecule has 0 saturated carbocycles. The third-order valence-electron chi connectivity index (χ3n) is 2.58. The van der Waals surface area contributed by atoms with E-state index in [1.807, 2.05) is 18.2 Å². The molecule has 19 heavy (non-hydrogen) atoms. The molecule has 0 spiro atoms. The van der Waals surface area contributed by atoms with Gasteiger partial charge in [-0.05, 0) is 5.56 Å². The summed E-state index contributed by atoms with van der Waals surface area (Å²) >= 11 is 0. The summed E-state index contributed by atoms with van der Waals surface area (Å²) in [6.07, 6.45) is 0.278. The summed E-state index contributed by atoms with van der Waals surface area (Å²) < 4.78 is 0. The van der Waals surface area contributed by atoms with Crippen molar-refractivity contribution in [2.75, 3.05) is 20.6 Å². The van der Waals surface area contributed by atoms with Gasteiger partial charge >= 0.3 is 0 Å². The summed E-state index contributed by atoms with van der Waals surface area (Å²) in [6.45, 7) is 0.302. The lowest BCUT2D eigenvalue weighted by Crippen LogP contribution is -2.36. The fraction of sp³-hybridized carbons (Fsp3) is 0.385. The van der Waals surface area contributed by atoms with Gasteiger partial charge in [-0.25, -0.2) is 0 Å². The fourth-order valence-electron chi connectivity index (χ4n) is 1.44. The molecule has 1 aromatic carbocycles. The monoisotopic (exact) mass is 285 g/mol. The van der Waals surface area contributed by atoms with Crippen LogP contribution < -0.4 is 11.1 Å². The van der Waals surface area contributed by atoms with Crippen molar-refractivity contribution in [1.29, 1.82) is 0 Å². The number of carbonyl (C=O) groups is 2. The molecule has 0 aromatic heterocycles. The molecule has 0 bridgehead atoms. The van der Waals surface area contributed by atoms with E-state index in [1.165, 1.54) is 4.90 Å². The van der Waals surface area contributed by atoms with Crippen LogP contribution in [0, 0.1) is 0 Å². The Labute approximate surface area is 119 Å². The van der Waals surface area contributed by atoms with Crippen LogP contribution in [0.3, 0.4) is 0 Å². The van der Waals surface area contributed by atoms with E-state index in [0.29, 0.717) is 6.54 Å². The van der Waals surface area contributed by atoms with Crippen LogP contribution in [-0.2, 0) is 9.59 Å².